The minimum absolute atomic E-state index is 0.00194. The zero-order valence-corrected chi connectivity index (χ0v) is 18.3. The van der Waals surface area contributed by atoms with Gasteiger partial charge in [0.1, 0.15) is 5.82 Å². The first-order chi connectivity index (χ1) is 14.8. The van der Waals surface area contributed by atoms with E-state index in [9.17, 15) is 8.42 Å². The van der Waals surface area contributed by atoms with Crippen molar-refractivity contribution in [3.63, 3.8) is 0 Å². The fourth-order valence-electron chi connectivity index (χ4n) is 3.82. The summed E-state index contributed by atoms with van der Waals surface area (Å²) in [6.07, 6.45) is 0. The van der Waals surface area contributed by atoms with Crippen molar-refractivity contribution in [2.45, 2.75) is 17.0 Å². The van der Waals surface area contributed by atoms with E-state index < -0.39 is 15.4 Å². The first-order valence-corrected chi connectivity index (χ1v) is 12.0. The molecule has 2 aromatic carbocycles. The Bertz CT molecular complexity index is 1260. The molecule has 3 heterocycles. The van der Waals surface area contributed by atoms with Gasteiger partial charge in [0, 0.05) is 30.0 Å². The number of fused-ring (bicyclic) bond motifs is 2. The minimum Gasteiger partial charge on any atom is -0.377 e. The summed E-state index contributed by atoms with van der Waals surface area (Å²) in [5.41, 5.74) is 7.29. The van der Waals surface area contributed by atoms with E-state index in [0.29, 0.717) is 60.0 Å². The molecule has 0 radical (unpaired) electrons. The molecule has 10 heteroatoms. The number of anilines is 2. The van der Waals surface area contributed by atoms with Crippen LogP contribution in [0.3, 0.4) is 0 Å². The standard InChI is InChI=1S/C21H22ClN5O3S/c22-15-5-6-17-16(9-15)19(24-11-21(23)12-30-13-21)26-20(25-17)27-7-8-31(28,29)18-4-2-1-3-14(18)10-27/h1-6,9H,7-8,10-13,23H2,(H,24,25,26). The number of rotatable bonds is 4. The number of benzene rings is 2. The normalized spacial score (nSPS) is 19.4. The summed E-state index contributed by atoms with van der Waals surface area (Å²) < 4.78 is 30.7. The third-order valence-corrected chi connectivity index (χ3v) is 7.64. The van der Waals surface area contributed by atoms with Crippen molar-refractivity contribution in [1.82, 2.24) is 9.97 Å². The number of aromatic nitrogens is 2. The van der Waals surface area contributed by atoms with E-state index in [2.05, 4.69) is 5.32 Å². The first-order valence-electron chi connectivity index (χ1n) is 9.96. The van der Waals surface area contributed by atoms with Gasteiger partial charge in [-0.2, -0.15) is 4.98 Å². The van der Waals surface area contributed by atoms with Gasteiger partial charge in [-0.1, -0.05) is 29.8 Å². The Balaban J connectivity index is 1.54. The summed E-state index contributed by atoms with van der Waals surface area (Å²) in [5, 5.41) is 4.69. The molecule has 31 heavy (non-hydrogen) atoms. The van der Waals surface area contributed by atoms with Crippen LogP contribution in [0.5, 0.6) is 0 Å². The number of ether oxygens (including phenoxy) is 1. The molecule has 1 saturated heterocycles. The number of nitrogens with two attached hydrogens (primary N) is 1. The van der Waals surface area contributed by atoms with Gasteiger partial charge in [-0.15, -0.1) is 0 Å². The van der Waals surface area contributed by atoms with Gasteiger partial charge in [0.15, 0.2) is 9.84 Å². The molecule has 0 aliphatic carbocycles. The quantitative estimate of drug-likeness (QED) is 0.611. The predicted octanol–water partition coefficient (Wildman–Crippen LogP) is 2.22. The van der Waals surface area contributed by atoms with Gasteiger partial charge in [-0.25, -0.2) is 13.4 Å². The Kier molecular flexibility index (Phi) is 5.01. The summed E-state index contributed by atoms with van der Waals surface area (Å²) in [6, 6.07) is 12.5. The highest BCUT2D eigenvalue weighted by molar-refractivity contribution is 7.91. The van der Waals surface area contributed by atoms with Crippen molar-refractivity contribution in [2.75, 3.05) is 42.3 Å². The Hall–Kier alpha value is -2.46. The van der Waals surface area contributed by atoms with Gasteiger partial charge in [-0.3, -0.25) is 0 Å². The SMILES string of the molecule is NC1(CNc2nc(N3CCS(=O)(=O)c4ccccc4C3)nc3ccc(Cl)cc23)COC1. The molecule has 0 spiro atoms. The van der Waals surface area contributed by atoms with E-state index in [1.807, 2.05) is 29.2 Å². The maximum absolute atomic E-state index is 12.7. The monoisotopic (exact) mass is 459 g/mol. The number of nitrogens with one attached hydrogen (secondary N) is 1. The molecule has 3 N–H and O–H groups in total. The van der Waals surface area contributed by atoms with Crippen LogP contribution in [0.1, 0.15) is 5.56 Å². The topological polar surface area (TPSA) is 110 Å². The van der Waals surface area contributed by atoms with Crippen LogP contribution in [0.2, 0.25) is 5.02 Å². The van der Waals surface area contributed by atoms with E-state index >= 15 is 0 Å². The molecule has 0 saturated carbocycles. The molecule has 8 nitrogen and oxygen atoms in total. The number of sulfone groups is 1. The summed E-state index contributed by atoms with van der Waals surface area (Å²) in [7, 11) is -3.36. The lowest BCUT2D eigenvalue weighted by atomic mass is 9.99. The van der Waals surface area contributed by atoms with Gasteiger partial charge in [0.05, 0.1) is 34.9 Å². The molecule has 0 amide bonds. The maximum Gasteiger partial charge on any atom is 0.228 e. The lowest BCUT2D eigenvalue weighted by Crippen LogP contribution is -2.61. The highest BCUT2D eigenvalue weighted by Gasteiger charge is 2.34. The largest absolute Gasteiger partial charge is 0.377 e. The Morgan fingerprint density at radius 3 is 2.77 bits per heavy atom. The second kappa shape index (κ2) is 7.59. The molecular formula is C21H22ClN5O3S. The predicted molar refractivity (Wildman–Crippen MR) is 120 cm³/mol. The fourth-order valence-corrected chi connectivity index (χ4v) is 5.49. The van der Waals surface area contributed by atoms with Crippen molar-refractivity contribution < 1.29 is 13.2 Å². The lowest BCUT2D eigenvalue weighted by Gasteiger charge is -2.38. The van der Waals surface area contributed by atoms with Crippen LogP contribution < -0.4 is 16.0 Å². The van der Waals surface area contributed by atoms with Crippen LogP contribution in [0.15, 0.2) is 47.4 Å². The van der Waals surface area contributed by atoms with Crippen molar-refractivity contribution in [3.05, 3.63) is 53.1 Å². The molecule has 1 fully saturated rings. The van der Waals surface area contributed by atoms with Gasteiger partial charge >= 0.3 is 0 Å². The van der Waals surface area contributed by atoms with Crippen LogP contribution in [-0.4, -0.2) is 56.0 Å². The minimum atomic E-state index is -3.36. The highest BCUT2D eigenvalue weighted by atomic mass is 35.5. The highest BCUT2D eigenvalue weighted by Crippen LogP contribution is 2.30. The van der Waals surface area contributed by atoms with Crippen LogP contribution in [0.4, 0.5) is 11.8 Å². The Morgan fingerprint density at radius 2 is 2.00 bits per heavy atom. The third kappa shape index (κ3) is 3.94. The average Bonchev–Trinajstić information content (AvgIpc) is 2.87. The second-order valence-corrected chi connectivity index (χ2v) is 10.6. The molecule has 162 valence electrons. The smallest absolute Gasteiger partial charge is 0.228 e. The molecule has 0 unspecified atom stereocenters. The van der Waals surface area contributed by atoms with Crippen molar-refractivity contribution in [2.24, 2.45) is 5.73 Å². The van der Waals surface area contributed by atoms with Gasteiger partial charge < -0.3 is 20.7 Å². The average molecular weight is 460 g/mol. The number of hydrogen-bond acceptors (Lipinski definition) is 8. The third-order valence-electron chi connectivity index (χ3n) is 5.61. The number of hydrogen-bond donors (Lipinski definition) is 2. The molecule has 0 atom stereocenters. The maximum atomic E-state index is 12.7. The van der Waals surface area contributed by atoms with Gasteiger partial charge in [0.2, 0.25) is 5.95 Å². The van der Waals surface area contributed by atoms with Gasteiger partial charge in [-0.05, 0) is 29.8 Å². The summed E-state index contributed by atoms with van der Waals surface area (Å²) in [6.45, 7) is 2.16. The molecule has 2 aliphatic rings. The summed E-state index contributed by atoms with van der Waals surface area (Å²) in [4.78, 5) is 11.7. The molecule has 1 aromatic heterocycles. The molecular weight excluding hydrogens is 438 g/mol. The van der Waals surface area contributed by atoms with Crippen LogP contribution in [0, 0.1) is 0 Å². The second-order valence-electron chi connectivity index (χ2n) is 8.09. The van der Waals surface area contributed by atoms with E-state index in [1.54, 1.807) is 18.2 Å². The molecule has 2 aliphatic heterocycles. The van der Waals surface area contributed by atoms with Crippen molar-refractivity contribution >= 4 is 44.1 Å². The van der Waals surface area contributed by atoms with E-state index in [1.165, 1.54) is 0 Å². The molecule has 0 bridgehead atoms. The Labute approximate surface area is 185 Å². The zero-order chi connectivity index (χ0) is 21.6. The fraction of sp³-hybridized carbons (Fsp3) is 0.333. The first kappa shape index (κ1) is 20.4. The van der Waals surface area contributed by atoms with Crippen LogP contribution >= 0.6 is 11.6 Å². The molecule has 3 aromatic rings. The van der Waals surface area contributed by atoms with Crippen molar-refractivity contribution in [1.29, 1.82) is 0 Å². The van der Waals surface area contributed by atoms with Crippen LogP contribution in [-0.2, 0) is 21.1 Å². The van der Waals surface area contributed by atoms with Crippen LogP contribution in [0.25, 0.3) is 10.9 Å². The molecule has 5 rings (SSSR count). The zero-order valence-electron chi connectivity index (χ0n) is 16.7. The van der Waals surface area contributed by atoms with E-state index in [0.717, 1.165) is 10.9 Å². The van der Waals surface area contributed by atoms with Crippen molar-refractivity contribution in [3.8, 4) is 0 Å². The summed E-state index contributed by atoms with van der Waals surface area (Å²) in [5.74, 6) is 1.07. The Morgan fingerprint density at radius 1 is 1.19 bits per heavy atom. The number of halogens is 1. The van der Waals surface area contributed by atoms with Gasteiger partial charge in [0.25, 0.3) is 0 Å². The van der Waals surface area contributed by atoms with E-state index in [4.69, 9.17) is 32.0 Å². The summed E-state index contributed by atoms with van der Waals surface area (Å²) >= 11 is 6.21. The number of nitrogens with zero attached hydrogens (tertiary/aromatic N) is 3. The van der Waals surface area contributed by atoms with E-state index in [-0.39, 0.29) is 5.75 Å². The lowest BCUT2D eigenvalue weighted by molar-refractivity contribution is -0.0461.